The lowest BCUT2D eigenvalue weighted by molar-refractivity contribution is -0.132. The monoisotopic (exact) mass is 529 g/mol. The standard InChI is InChI=1S/C28H39N3O5S/c1-20-8-13-24(37(34,35)29-27(2,3)4)23(18-20)22-11-9-21(10-12-22)19-25(32)30-14-16-31(17-15-30)26(33)36-28(5,6)7/h8-13,18,29H,14-17,19H2,1-7H3. The molecular weight excluding hydrogens is 490 g/mol. The predicted molar refractivity (Wildman–Crippen MR) is 145 cm³/mol. The first-order valence-electron chi connectivity index (χ1n) is 12.5. The number of hydrogen-bond acceptors (Lipinski definition) is 5. The van der Waals surface area contributed by atoms with Gasteiger partial charge in [-0.3, -0.25) is 4.79 Å². The van der Waals surface area contributed by atoms with Gasteiger partial charge in [0.15, 0.2) is 0 Å². The van der Waals surface area contributed by atoms with Crippen molar-refractivity contribution in [1.29, 1.82) is 0 Å². The molecule has 0 atom stereocenters. The highest BCUT2D eigenvalue weighted by molar-refractivity contribution is 7.89. The predicted octanol–water partition coefficient (Wildman–Crippen LogP) is 4.36. The third kappa shape index (κ3) is 8.04. The second-order valence-electron chi connectivity index (χ2n) is 11.6. The van der Waals surface area contributed by atoms with E-state index in [-0.39, 0.29) is 23.3 Å². The van der Waals surface area contributed by atoms with Gasteiger partial charge in [-0.2, -0.15) is 0 Å². The second-order valence-corrected chi connectivity index (χ2v) is 13.2. The van der Waals surface area contributed by atoms with Crippen molar-refractivity contribution in [2.75, 3.05) is 26.2 Å². The van der Waals surface area contributed by atoms with E-state index in [2.05, 4.69) is 4.72 Å². The number of ether oxygens (including phenoxy) is 1. The molecule has 0 aliphatic carbocycles. The molecule has 1 aliphatic rings. The number of piperazine rings is 1. The van der Waals surface area contributed by atoms with Gasteiger partial charge < -0.3 is 14.5 Å². The minimum Gasteiger partial charge on any atom is -0.444 e. The fourth-order valence-electron chi connectivity index (χ4n) is 4.12. The van der Waals surface area contributed by atoms with E-state index in [4.69, 9.17) is 4.74 Å². The van der Waals surface area contributed by atoms with E-state index in [0.717, 1.165) is 16.7 Å². The van der Waals surface area contributed by atoms with Crippen LogP contribution in [-0.4, -0.2) is 67.5 Å². The number of amides is 2. The zero-order valence-electron chi connectivity index (χ0n) is 22.9. The minimum atomic E-state index is -3.73. The van der Waals surface area contributed by atoms with Gasteiger partial charge in [-0.05, 0) is 65.7 Å². The highest BCUT2D eigenvalue weighted by Crippen LogP contribution is 2.29. The topological polar surface area (TPSA) is 96.0 Å². The van der Waals surface area contributed by atoms with Crippen LogP contribution in [0.1, 0.15) is 52.7 Å². The second kappa shape index (κ2) is 10.8. The lowest BCUT2D eigenvalue weighted by Crippen LogP contribution is -2.51. The van der Waals surface area contributed by atoms with Crippen LogP contribution < -0.4 is 4.72 Å². The van der Waals surface area contributed by atoms with Crippen LogP contribution in [0.15, 0.2) is 47.4 Å². The summed E-state index contributed by atoms with van der Waals surface area (Å²) in [5.74, 6) is -0.00946. The molecule has 3 rings (SSSR count). The molecule has 2 aromatic carbocycles. The van der Waals surface area contributed by atoms with Crippen molar-refractivity contribution in [3.8, 4) is 11.1 Å². The van der Waals surface area contributed by atoms with Crippen LogP contribution in [-0.2, 0) is 26.0 Å². The molecule has 8 nitrogen and oxygen atoms in total. The SMILES string of the molecule is Cc1ccc(S(=O)(=O)NC(C)(C)C)c(-c2ccc(CC(=O)N3CCN(C(=O)OC(C)(C)C)CC3)cc2)c1. The highest BCUT2D eigenvalue weighted by atomic mass is 32.2. The Morgan fingerprint density at radius 2 is 1.46 bits per heavy atom. The van der Waals surface area contributed by atoms with Crippen LogP contribution in [0.25, 0.3) is 11.1 Å². The molecule has 202 valence electrons. The maximum atomic E-state index is 13.1. The van der Waals surface area contributed by atoms with Gasteiger partial charge in [0, 0.05) is 37.3 Å². The van der Waals surface area contributed by atoms with Crippen LogP contribution >= 0.6 is 0 Å². The molecule has 0 bridgehead atoms. The first-order chi connectivity index (χ1) is 17.0. The average Bonchev–Trinajstić information content (AvgIpc) is 2.76. The number of aryl methyl sites for hydroxylation is 1. The van der Waals surface area contributed by atoms with Crippen LogP contribution in [0, 0.1) is 6.92 Å². The summed E-state index contributed by atoms with van der Waals surface area (Å²) < 4.78 is 34.3. The third-order valence-electron chi connectivity index (χ3n) is 5.77. The summed E-state index contributed by atoms with van der Waals surface area (Å²) in [7, 11) is -3.73. The van der Waals surface area contributed by atoms with E-state index in [1.54, 1.807) is 21.9 Å². The number of nitrogens with one attached hydrogen (secondary N) is 1. The number of sulfonamides is 1. The van der Waals surface area contributed by atoms with Crippen LogP contribution in [0.5, 0.6) is 0 Å². The lowest BCUT2D eigenvalue weighted by Gasteiger charge is -2.35. The summed E-state index contributed by atoms with van der Waals surface area (Å²) in [6, 6.07) is 12.7. The molecule has 1 fully saturated rings. The van der Waals surface area contributed by atoms with E-state index in [1.165, 1.54) is 0 Å². The molecule has 0 unspecified atom stereocenters. The largest absolute Gasteiger partial charge is 0.444 e. The number of rotatable bonds is 5. The Morgan fingerprint density at radius 1 is 0.892 bits per heavy atom. The number of benzene rings is 2. The molecule has 0 saturated carbocycles. The maximum Gasteiger partial charge on any atom is 0.410 e. The molecular formula is C28H39N3O5S. The molecule has 2 aromatic rings. The van der Waals surface area contributed by atoms with Crippen LogP contribution in [0.2, 0.25) is 0 Å². The van der Waals surface area contributed by atoms with Gasteiger partial charge in [-0.25, -0.2) is 17.9 Å². The quantitative estimate of drug-likeness (QED) is 0.621. The van der Waals surface area contributed by atoms with Crippen molar-refractivity contribution in [3.63, 3.8) is 0 Å². The molecule has 37 heavy (non-hydrogen) atoms. The van der Waals surface area contributed by atoms with Gasteiger partial charge in [0.25, 0.3) is 0 Å². The third-order valence-corrected chi connectivity index (χ3v) is 7.59. The van der Waals surface area contributed by atoms with Crippen molar-refractivity contribution in [1.82, 2.24) is 14.5 Å². The number of carbonyl (C=O) groups is 2. The number of carbonyl (C=O) groups excluding carboxylic acids is 2. The average molecular weight is 530 g/mol. The molecule has 1 saturated heterocycles. The Morgan fingerprint density at radius 3 is 2.00 bits per heavy atom. The van der Waals surface area contributed by atoms with Gasteiger partial charge >= 0.3 is 6.09 Å². The molecule has 1 N–H and O–H groups in total. The first-order valence-corrected chi connectivity index (χ1v) is 14.0. The Balaban J connectivity index is 1.68. The van der Waals surface area contributed by atoms with Gasteiger partial charge in [0.1, 0.15) is 5.60 Å². The molecule has 1 heterocycles. The molecule has 0 aromatic heterocycles. The van der Waals surface area contributed by atoms with Crippen molar-refractivity contribution in [3.05, 3.63) is 53.6 Å². The summed E-state index contributed by atoms with van der Waals surface area (Å²) >= 11 is 0. The summed E-state index contributed by atoms with van der Waals surface area (Å²) in [4.78, 5) is 28.8. The molecule has 9 heteroatoms. The van der Waals surface area contributed by atoms with E-state index in [1.807, 2.05) is 78.8 Å². The van der Waals surface area contributed by atoms with Gasteiger partial charge in [0.05, 0.1) is 11.3 Å². The summed E-state index contributed by atoms with van der Waals surface area (Å²) in [5, 5.41) is 0. The van der Waals surface area contributed by atoms with E-state index < -0.39 is 21.2 Å². The summed E-state index contributed by atoms with van der Waals surface area (Å²) in [6.07, 6.45) is -0.123. The van der Waals surface area contributed by atoms with E-state index >= 15 is 0 Å². The molecule has 0 spiro atoms. The van der Waals surface area contributed by atoms with Gasteiger partial charge in [-0.15, -0.1) is 0 Å². The fraction of sp³-hybridized carbons (Fsp3) is 0.500. The van der Waals surface area contributed by atoms with Crippen molar-refractivity contribution in [2.45, 2.75) is 70.9 Å². The summed E-state index contributed by atoms with van der Waals surface area (Å²) in [6.45, 7) is 14.6. The number of hydrogen-bond donors (Lipinski definition) is 1. The Kier molecular flexibility index (Phi) is 8.39. The van der Waals surface area contributed by atoms with Crippen molar-refractivity contribution < 1.29 is 22.7 Å². The zero-order chi connectivity index (χ0) is 27.6. The van der Waals surface area contributed by atoms with Crippen LogP contribution in [0.3, 0.4) is 0 Å². The molecule has 0 radical (unpaired) electrons. The highest BCUT2D eigenvalue weighted by Gasteiger charge is 2.28. The normalized spacial score (nSPS) is 15.0. The van der Waals surface area contributed by atoms with E-state index in [0.29, 0.717) is 31.7 Å². The fourth-order valence-corrected chi connectivity index (χ4v) is 5.74. The zero-order valence-corrected chi connectivity index (χ0v) is 23.7. The smallest absolute Gasteiger partial charge is 0.410 e. The van der Waals surface area contributed by atoms with E-state index in [9.17, 15) is 18.0 Å². The van der Waals surface area contributed by atoms with Crippen LogP contribution in [0.4, 0.5) is 4.79 Å². The van der Waals surface area contributed by atoms with Gasteiger partial charge in [-0.1, -0.05) is 42.0 Å². The maximum absolute atomic E-state index is 13.1. The molecule has 1 aliphatic heterocycles. The lowest BCUT2D eigenvalue weighted by atomic mass is 10.0. The Labute approximate surface area is 221 Å². The van der Waals surface area contributed by atoms with Gasteiger partial charge in [0.2, 0.25) is 15.9 Å². The number of nitrogens with zero attached hydrogens (tertiary/aromatic N) is 2. The van der Waals surface area contributed by atoms with Crippen molar-refractivity contribution >= 4 is 22.0 Å². The Hall–Kier alpha value is -2.91. The summed E-state index contributed by atoms with van der Waals surface area (Å²) in [5.41, 5.74) is 2.02. The molecule has 2 amide bonds. The minimum absolute atomic E-state index is 0.00946. The Bertz CT molecular complexity index is 1230. The first kappa shape index (κ1) is 28.7. The van der Waals surface area contributed by atoms with Crippen molar-refractivity contribution in [2.24, 2.45) is 0 Å².